The molecule has 0 atom stereocenters. The second-order valence-electron chi connectivity index (χ2n) is 6.71. The van der Waals surface area contributed by atoms with E-state index in [4.69, 9.17) is 5.73 Å². The zero-order valence-electron chi connectivity index (χ0n) is 11.0. The van der Waals surface area contributed by atoms with Crippen LogP contribution in [0.5, 0.6) is 0 Å². The molecule has 1 aliphatic rings. The summed E-state index contributed by atoms with van der Waals surface area (Å²) in [6.45, 7) is 10.9. The van der Waals surface area contributed by atoms with Crippen LogP contribution in [0.25, 0.3) is 0 Å². The Kier molecular flexibility index (Phi) is 2.26. The molecule has 3 nitrogen and oxygen atoms in total. The van der Waals surface area contributed by atoms with Crippen molar-refractivity contribution < 1.29 is 0 Å². The fraction of sp³-hybridized carbons (Fsp3) is 0.769. The first-order chi connectivity index (χ1) is 7.18. The van der Waals surface area contributed by atoms with Crippen molar-refractivity contribution >= 4 is 0 Å². The van der Waals surface area contributed by atoms with Crippen molar-refractivity contribution in [1.82, 2.24) is 10.2 Å². The van der Waals surface area contributed by atoms with Crippen molar-refractivity contribution in [3.63, 3.8) is 0 Å². The third-order valence-corrected chi connectivity index (χ3v) is 3.89. The summed E-state index contributed by atoms with van der Waals surface area (Å²) < 4.78 is 0. The highest BCUT2D eigenvalue weighted by molar-refractivity contribution is 5.40. The molecule has 16 heavy (non-hydrogen) atoms. The highest BCUT2D eigenvalue weighted by Crippen LogP contribution is 2.56. The summed E-state index contributed by atoms with van der Waals surface area (Å²) in [6.07, 6.45) is 4.33. The Labute approximate surface area is 97.8 Å². The normalized spacial score (nSPS) is 19.9. The second-order valence-corrected chi connectivity index (χ2v) is 6.71. The minimum Gasteiger partial charge on any atom is -0.325 e. The van der Waals surface area contributed by atoms with E-state index in [2.05, 4.69) is 44.8 Å². The van der Waals surface area contributed by atoms with Crippen molar-refractivity contribution in [2.24, 2.45) is 5.73 Å². The highest BCUT2D eigenvalue weighted by Gasteiger charge is 2.55. The predicted octanol–water partition coefficient (Wildman–Crippen LogP) is 2.48. The van der Waals surface area contributed by atoms with Crippen LogP contribution in [-0.2, 0) is 10.8 Å². The maximum Gasteiger partial charge on any atom is 0.0528 e. The van der Waals surface area contributed by atoms with Crippen LogP contribution in [0, 0.1) is 0 Å². The van der Waals surface area contributed by atoms with Gasteiger partial charge in [0.05, 0.1) is 6.20 Å². The Hall–Kier alpha value is -0.830. The first kappa shape index (κ1) is 11.6. The Balaban J connectivity index is 2.47. The molecule has 1 heterocycles. The Morgan fingerprint density at radius 2 is 1.81 bits per heavy atom. The van der Waals surface area contributed by atoms with E-state index in [1.54, 1.807) is 0 Å². The quantitative estimate of drug-likeness (QED) is 0.806. The molecule has 1 aromatic rings. The van der Waals surface area contributed by atoms with E-state index >= 15 is 0 Å². The third-order valence-electron chi connectivity index (χ3n) is 3.89. The minimum atomic E-state index is -0.170. The second kappa shape index (κ2) is 3.10. The van der Waals surface area contributed by atoms with Gasteiger partial charge in [-0.05, 0) is 26.7 Å². The molecule has 3 N–H and O–H groups in total. The number of nitrogens with one attached hydrogen (secondary N) is 1. The molecule has 3 heteroatoms. The Morgan fingerprint density at radius 3 is 2.19 bits per heavy atom. The van der Waals surface area contributed by atoms with Crippen molar-refractivity contribution in [2.45, 2.75) is 63.8 Å². The van der Waals surface area contributed by atoms with Gasteiger partial charge in [-0.15, -0.1) is 0 Å². The largest absolute Gasteiger partial charge is 0.325 e. The number of hydrogen-bond donors (Lipinski definition) is 2. The molecule has 0 bridgehead atoms. The van der Waals surface area contributed by atoms with Gasteiger partial charge in [0.1, 0.15) is 0 Å². The summed E-state index contributed by atoms with van der Waals surface area (Å²) in [6, 6.07) is 0. The van der Waals surface area contributed by atoms with Crippen LogP contribution in [0.2, 0.25) is 0 Å². The maximum atomic E-state index is 6.34. The van der Waals surface area contributed by atoms with Crippen molar-refractivity contribution in [3.05, 3.63) is 17.5 Å². The summed E-state index contributed by atoms with van der Waals surface area (Å²) in [7, 11) is 0. The van der Waals surface area contributed by atoms with Crippen LogP contribution in [-0.4, -0.2) is 15.7 Å². The van der Waals surface area contributed by atoms with E-state index in [1.807, 2.05) is 6.20 Å². The minimum absolute atomic E-state index is 0.104. The van der Waals surface area contributed by atoms with Gasteiger partial charge in [0.25, 0.3) is 0 Å². The number of nitrogens with two attached hydrogens (primary N) is 1. The summed E-state index contributed by atoms with van der Waals surface area (Å²) in [5.74, 6) is 0. The van der Waals surface area contributed by atoms with Gasteiger partial charge in [-0.25, -0.2) is 0 Å². The van der Waals surface area contributed by atoms with Crippen molar-refractivity contribution in [1.29, 1.82) is 0 Å². The Bertz CT molecular complexity index is 386. The van der Waals surface area contributed by atoms with E-state index in [1.165, 1.54) is 24.1 Å². The van der Waals surface area contributed by atoms with Crippen LogP contribution in [0.3, 0.4) is 0 Å². The summed E-state index contributed by atoms with van der Waals surface area (Å²) in [4.78, 5) is 0. The fourth-order valence-electron chi connectivity index (χ4n) is 2.61. The fourth-order valence-corrected chi connectivity index (χ4v) is 2.61. The smallest absolute Gasteiger partial charge is 0.0528 e. The molecule has 90 valence electrons. The van der Waals surface area contributed by atoms with E-state index in [0.29, 0.717) is 0 Å². The zero-order chi connectivity index (χ0) is 12.2. The number of hydrogen-bond acceptors (Lipinski definition) is 2. The van der Waals surface area contributed by atoms with Crippen LogP contribution >= 0.6 is 0 Å². The molecule has 2 rings (SSSR count). The lowest BCUT2D eigenvalue weighted by molar-refractivity contribution is 0.384. The molecule has 1 saturated carbocycles. The third kappa shape index (κ3) is 1.58. The summed E-state index contributed by atoms with van der Waals surface area (Å²) in [5, 5.41) is 7.39. The van der Waals surface area contributed by atoms with Gasteiger partial charge in [0, 0.05) is 27.6 Å². The first-order valence-electron chi connectivity index (χ1n) is 6.02. The molecule has 0 unspecified atom stereocenters. The van der Waals surface area contributed by atoms with Crippen molar-refractivity contribution in [2.75, 3.05) is 0 Å². The van der Waals surface area contributed by atoms with Gasteiger partial charge in [-0.3, -0.25) is 5.10 Å². The highest BCUT2D eigenvalue weighted by atomic mass is 15.1. The molecule has 0 aromatic carbocycles. The summed E-state index contributed by atoms with van der Waals surface area (Å²) in [5.41, 5.74) is 8.98. The van der Waals surface area contributed by atoms with Gasteiger partial charge in [0.15, 0.2) is 0 Å². The number of aromatic nitrogens is 2. The standard InChI is InChI=1S/C13H23N3/c1-11(2,3)10-9(8-15-16-10)13(6-7-13)12(4,5)14/h8H,6-7,14H2,1-5H3,(H,15,16). The molecule has 0 aliphatic heterocycles. The maximum absolute atomic E-state index is 6.34. The monoisotopic (exact) mass is 221 g/mol. The van der Waals surface area contributed by atoms with Crippen LogP contribution < -0.4 is 5.73 Å². The zero-order valence-corrected chi connectivity index (χ0v) is 11.0. The van der Waals surface area contributed by atoms with E-state index in [-0.39, 0.29) is 16.4 Å². The number of aromatic amines is 1. The van der Waals surface area contributed by atoms with Gasteiger partial charge in [-0.2, -0.15) is 5.10 Å². The first-order valence-corrected chi connectivity index (χ1v) is 6.02. The van der Waals surface area contributed by atoms with Crippen LogP contribution in [0.15, 0.2) is 6.20 Å². The average Bonchev–Trinajstić information content (AvgIpc) is 2.74. The van der Waals surface area contributed by atoms with E-state index in [9.17, 15) is 0 Å². The Morgan fingerprint density at radius 1 is 1.25 bits per heavy atom. The van der Waals surface area contributed by atoms with Gasteiger partial charge in [0.2, 0.25) is 0 Å². The lowest BCUT2D eigenvalue weighted by Gasteiger charge is -2.33. The molecular formula is C13H23N3. The topological polar surface area (TPSA) is 54.7 Å². The summed E-state index contributed by atoms with van der Waals surface area (Å²) >= 11 is 0. The number of H-pyrrole nitrogens is 1. The molecule has 1 aliphatic carbocycles. The lowest BCUT2D eigenvalue weighted by Crippen LogP contribution is -2.46. The van der Waals surface area contributed by atoms with Gasteiger partial charge >= 0.3 is 0 Å². The predicted molar refractivity (Wildman–Crippen MR) is 66.5 cm³/mol. The van der Waals surface area contributed by atoms with Crippen LogP contribution in [0.1, 0.15) is 58.7 Å². The molecule has 0 amide bonds. The van der Waals surface area contributed by atoms with Crippen LogP contribution in [0.4, 0.5) is 0 Å². The molecule has 0 spiro atoms. The van der Waals surface area contributed by atoms with Crippen molar-refractivity contribution in [3.8, 4) is 0 Å². The van der Waals surface area contributed by atoms with E-state index in [0.717, 1.165) is 0 Å². The molecular weight excluding hydrogens is 198 g/mol. The molecule has 1 fully saturated rings. The van der Waals surface area contributed by atoms with E-state index < -0.39 is 0 Å². The SMILES string of the molecule is CC(C)(C)c1[nH]ncc1C1(C(C)(C)N)CC1. The number of rotatable bonds is 2. The van der Waals surface area contributed by atoms with Gasteiger partial charge < -0.3 is 5.73 Å². The molecule has 0 radical (unpaired) electrons. The number of nitrogens with zero attached hydrogens (tertiary/aromatic N) is 1. The molecule has 0 saturated heterocycles. The molecule has 1 aromatic heterocycles. The average molecular weight is 221 g/mol. The van der Waals surface area contributed by atoms with Gasteiger partial charge in [-0.1, -0.05) is 20.8 Å². The lowest BCUT2D eigenvalue weighted by atomic mass is 9.75.